The Balaban J connectivity index is 1.55. The van der Waals surface area contributed by atoms with E-state index in [-0.39, 0.29) is 11.0 Å². The number of fused-ring (bicyclic) bond motifs is 1. The van der Waals surface area contributed by atoms with Gasteiger partial charge in [-0.1, -0.05) is 6.07 Å². The minimum absolute atomic E-state index is 0.0960. The molecular weight excluding hydrogens is 344 g/mol. The zero-order valence-corrected chi connectivity index (χ0v) is 17.3. The zero-order valence-electron chi connectivity index (χ0n) is 17.3. The van der Waals surface area contributed by atoms with Gasteiger partial charge in [0.2, 0.25) is 0 Å². The number of hydrogen-bond donors (Lipinski definition) is 1. The van der Waals surface area contributed by atoms with Gasteiger partial charge < -0.3 is 5.32 Å². The molecule has 3 nitrogen and oxygen atoms in total. The molecule has 1 aromatic carbocycles. The first kappa shape index (κ1) is 18.0. The molecule has 0 aromatic heterocycles. The summed E-state index contributed by atoms with van der Waals surface area (Å²) in [5.74, 6) is 2.63. The van der Waals surface area contributed by atoms with E-state index in [0.29, 0.717) is 11.3 Å². The van der Waals surface area contributed by atoms with Crippen LogP contribution in [-0.2, 0) is 11.2 Å². The molecule has 4 saturated carbocycles. The van der Waals surface area contributed by atoms with Crippen LogP contribution in [0.25, 0.3) is 5.70 Å². The topological polar surface area (TPSA) is 52.9 Å². The lowest BCUT2D eigenvalue weighted by molar-refractivity contribution is -0.138. The lowest BCUT2D eigenvalue weighted by atomic mass is 9.48. The van der Waals surface area contributed by atoms with Gasteiger partial charge in [-0.15, -0.1) is 0 Å². The quantitative estimate of drug-likeness (QED) is 0.748. The Morgan fingerprint density at radius 1 is 1.14 bits per heavy atom. The van der Waals surface area contributed by atoms with E-state index >= 15 is 0 Å². The molecule has 146 valence electrons. The molecule has 1 aliphatic heterocycles. The monoisotopic (exact) mass is 374 g/mol. The normalized spacial score (nSPS) is 35.9. The fourth-order valence-electron chi connectivity index (χ4n) is 7.05. The summed E-state index contributed by atoms with van der Waals surface area (Å²) in [6.45, 7) is 6.37. The summed E-state index contributed by atoms with van der Waals surface area (Å²) < 4.78 is 0. The molecule has 0 saturated heterocycles. The van der Waals surface area contributed by atoms with Crippen LogP contribution in [0.1, 0.15) is 74.6 Å². The number of benzene rings is 1. The van der Waals surface area contributed by atoms with Crippen molar-refractivity contribution in [2.24, 2.45) is 23.2 Å². The molecule has 4 bridgehead atoms. The number of aryl methyl sites for hydroxylation is 1. The molecule has 1 N–H and O–H groups in total. The van der Waals surface area contributed by atoms with E-state index in [1.807, 2.05) is 19.1 Å². The highest BCUT2D eigenvalue weighted by atomic mass is 16.1. The molecule has 1 heterocycles. The Morgan fingerprint density at radius 3 is 2.32 bits per heavy atom. The summed E-state index contributed by atoms with van der Waals surface area (Å²) in [7, 11) is 0. The van der Waals surface area contributed by atoms with Crippen molar-refractivity contribution in [1.82, 2.24) is 5.32 Å². The summed E-state index contributed by atoms with van der Waals surface area (Å²) in [5.41, 5.74) is 4.71. The summed E-state index contributed by atoms with van der Waals surface area (Å²) in [5, 5.41) is 13.1. The summed E-state index contributed by atoms with van der Waals surface area (Å²) in [4.78, 5) is 13.6. The third-order valence-electron chi connectivity index (χ3n) is 7.80. The van der Waals surface area contributed by atoms with Crippen molar-refractivity contribution in [2.75, 3.05) is 0 Å². The van der Waals surface area contributed by atoms with Crippen molar-refractivity contribution in [3.8, 4) is 6.07 Å². The fraction of sp³-hybridized carbons (Fsp3) is 0.600. The van der Waals surface area contributed by atoms with E-state index in [2.05, 4.69) is 31.3 Å². The number of nitriles is 1. The number of allylic oxidation sites excluding steroid dienone is 1. The number of rotatable bonds is 2. The molecule has 6 rings (SSSR count). The largest absolute Gasteiger partial charge is 0.379 e. The average Bonchev–Trinajstić information content (AvgIpc) is 2.59. The molecule has 0 unspecified atom stereocenters. The number of ketones is 1. The van der Waals surface area contributed by atoms with Crippen LogP contribution in [0.5, 0.6) is 0 Å². The maximum absolute atomic E-state index is 13.6. The Labute approximate surface area is 168 Å². The van der Waals surface area contributed by atoms with Crippen molar-refractivity contribution in [3.63, 3.8) is 0 Å². The smallest absolute Gasteiger partial charge is 0.163 e. The predicted octanol–water partition coefficient (Wildman–Crippen LogP) is 4.92. The molecular formula is C25H30N2O. The minimum Gasteiger partial charge on any atom is -0.379 e. The standard InChI is InChI=1S/C25H30N2O/c1-15-4-19-13-24(2,3)27-22(21(19)8-20(15)14-26)9-23(28)25-10-16-5-17(11-25)7-18(6-16)12-25/h4,8-9,16-18,27H,5-7,10-13H2,1-3H3/b22-9-. The second-order valence-electron chi connectivity index (χ2n) is 10.7. The van der Waals surface area contributed by atoms with E-state index in [9.17, 15) is 10.1 Å². The maximum atomic E-state index is 13.6. The Morgan fingerprint density at radius 2 is 1.75 bits per heavy atom. The molecule has 0 spiro atoms. The van der Waals surface area contributed by atoms with Gasteiger partial charge in [0.25, 0.3) is 0 Å². The first-order valence-corrected chi connectivity index (χ1v) is 10.9. The van der Waals surface area contributed by atoms with E-state index in [1.54, 1.807) is 0 Å². The molecule has 0 radical (unpaired) electrons. The molecule has 28 heavy (non-hydrogen) atoms. The highest BCUT2D eigenvalue weighted by Gasteiger charge is 2.54. The second kappa shape index (κ2) is 5.96. The van der Waals surface area contributed by atoms with Crippen LogP contribution in [0.4, 0.5) is 0 Å². The molecule has 5 aliphatic rings. The first-order valence-electron chi connectivity index (χ1n) is 10.9. The summed E-state index contributed by atoms with van der Waals surface area (Å²) >= 11 is 0. The lowest BCUT2D eigenvalue weighted by Gasteiger charge is -2.55. The number of hydrogen-bond acceptors (Lipinski definition) is 3. The number of carbonyl (C=O) groups excluding carboxylic acids is 1. The molecule has 0 atom stereocenters. The fourth-order valence-corrected chi connectivity index (χ4v) is 7.05. The zero-order chi connectivity index (χ0) is 19.7. The van der Waals surface area contributed by atoms with Crippen LogP contribution in [-0.4, -0.2) is 11.3 Å². The number of carbonyl (C=O) groups is 1. The maximum Gasteiger partial charge on any atom is 0.163 e. The first-order chi connectivity index (χ1) is 13.3. The van der Waals surface area contributed by atoms with Gasteiger partial charge in [-0.25, -0.2) is 0 Å². The second-order valence-corrected chi connectivity index (χ2v) is 10.7. The number of nitrogens with one attached hydrogen (secondary N) is 1. The van der Waals surface area contributed by atoms with Gasteiger partial charge in [-0.05, 0) is 101 Å². The summed E-state index contributed by atoms with van der Waals surface area (Å²) in [6, 6.07) is 6.42. The van der Waals surface area contributed by atoms with Crippen molar-refractivity contribution in [1.29, 1.82) is 5.26 Å². The molecule has 1 aromatic rings. The van der Waals surface area contributed by atoms with Crippen LogP contribution in [0.2, 0.25) is 0 Å². The Bertz CT molecular complexity index is 895. The van der Waals surface area contributed by atoms with Gasteiger partial charge in [0.15, 0.2) is 5.78 Å². The summed E-state index contributed by atoms with van der Waals surface area (Å²) in [6.07, 6.45) is 10.1. The predicted molar refractivity (Wildman–Crippen MR) is 110 cm³/mol. The van der Waals surface area contributed by atoms with Gasteiger partial charge in [0, 0.05) is 28.3 Å². The Kier molecular flexibility index (Phi) is 3.83. The van der Waals surface area contributed by atoms with Gasteiger partial charge in [0.1, 0.15) is 0 Å². The van der Waals surface area contributed by atoms with Gasteiger partial charge in [0.05, 0.1) is 11.6 Å². The van der Waals surface area contributed by atoms with Crippen molar-refractivity contribution < 1.29 is 4.79 Å². The third-order valence-corrected chi connectivity index (χ3v) is 7.80. The van der Waals surface area contributed by atoms with Gasteiger partial charge in [-0.2, -0.15) is 5.26 Å². The SMILES string of the molecule is Cc1cc2c(cc1C#N)/C(=C/C(=O)C13CC4CC(CC(C4)C1)C3)NC(C)(C)C2. The van der Waals surface area contributed by atoms with Crippen LogP contribution < -0.4 is 5.32 Å². The lowest BCUT2D eigenvalue weighted by Crippen LogP contribution is -2.50. The van der Waals surface area contributed by atoms with Crippen LogP contribution in [0.3, 0.4) is 0 Å². The van der Waals surface area contributed by atoms with Crippen molar-refractivity contribution >= 4 is 11.5 Å². The van der Waals surface area contributed by atoms with Crippen LogP contribution in [0, 0.1) is 41.4 Å². The van der Waals surface area contributed by atoms with Gasteiger partial charge >= 0.3 is 0 Å². The minimum atomic E-state index is -0.117. The van der Waals surface area contributed by atoms with E-state index in [0.717, 1.165) is 60.3 Å². The van der Waals surface area contributed by atoms with Crippen LogP contribution >= 0.6 is 0 Å². The molecule has 3 heteroatoms. The number of nitrogens with zero attached hydrogens (tertiary/aromatic N) is 1. The van der Waals surface area contributed by atoms with Crippen molar-refractivity contribution in [3.05, 3.63) is 40.5 Å². The van der Waals surface area contributed by atoms with E-state index < -0.39 is 0 Å². The van der Waals surface area contributed by atoms with E-state index in [1.165, 1.54) is 24.8 Å². The highest BCUT2D eigenvalue weighted by molar-refractivity contribution is 6.01. The highest BCUT2D eigenvalue weighted by Crippen LogP contribution is 2.60. The van der Waals surface area contributed by atoms with Gasteiger partial charge in [-0.3, -0.25) is 4.79 Å². The average molecular weight is 375 g/mol. The van der Waals surface area contributed by atoms with Crippen LogP contribution in [0.15, 0.2) is 18.2 Å². The molecule has 0 amide bonds. The van der Waals surface area contributed by atoms with E-state index in [4.69, 9.17) is 0 Å². The van der Waals surface area contributed by atoms with Crippen molar-refractivity contribution in [2.45, 2.75) is 71.3 Å². The molecule has 4 aliphatic carbocycles. The molecule has 4 fully saturated rings. The Hall–Kier alpha value is -2.08. The third kappa shape index (κ3) is 2.81.